The Kier molecular flexibility index (Phi) is 4.34. The molecule has 100 valence electrons. The van der Waals surface area contributed by atoms with E-state index in [2.05, 4.69) is 10.3 Å². The van der Waals surface area contributed by atoms with E-state index in [1.165, 1.54) is 6.07 Å². The molecule has 1 aliphatic rings. The third-order valence-corrected chi connectivity index (χ3v) is 3.87. The number of benzene rings is 1. The Balaban J connectivity index is 1.97. The number of carbonyl (C=O) groups excluding carboxylic acids is 2. The smallest absolute Gasteiger partial charge is 0.262 e. The number of rotatable bonds is 3. The molecule has 5 nitrogen and oxygen atoms in total. The highest BCUT2D eigenvalue weighted by atomic mass is 35.5. The maximum Gasteiger partial charge on any atom is 0.262 e. The first-order chi connectivity index (χ1) is 8.95. The quantitative estimate of drug-likeness (QED) is 0.895. The summed E-state index contributed by atoms with van der Waals surface area (Å²) in [7, 11) is 0. The van der Waals surface area contributed by atoms with Gasteiger partial charge in [0.2, 0.25) is 5.91 Å². The normalized spacial score (nSPS) is 18.3. The Labute approximate surface area is 123 Å². The SMILES string of the molecule is NC1=NC(=O)[C@@H](CC(=O)Nc2ccc(Cl)cc2Cl)S1. The number of halogens is 2. The van der Waals surface area contributed by atoms with Crippen molar-refractivity contribution in [3.05, 3.63) is 28.2 Å². The molecule has 2 rings (SSSR count). The lowest BCUT2D eigenvalue weighted by atomic mass is 10.2. The average molecular weight is 318 g/mol. The van der Waals surface area contributed by atoms with Crippen molar-refractivity contribution in [1.82, 2.24) is 0 Å². The number of nitrogens with zero attached hydrogens (tertiary/aromatic N) is 1. The number of anilines is 1. The number of thioether (sulfide) groups is 1. The maximum atomic E-state index is 11.8. The van der Waals surface area contributed by atoms with Gasteiger partial charge in [-0.05, 0) is 18.2 Å². The van der Waals surface area contributed by atoms with E-state index >= 15 is 0 Å². The van der Waals surface area contributed by atoms with Gasteiger partial charge in [0.05, 0.1) is 10.7 Å². The van der Waals surface area contributed by atoms with Crippen LogP contribution in [-0.4, -0.2) is 22.2 Å². The van der Waals surface area contributed by atoms with Crippen LogP contribution in [0.3, 0.4) is 0 Å². The summed E-state index contributed by atoms with van der Waals surface area (Å²) in [6.45, 7) is 0. The van der Waals surface area contributed by atoms with Gasteiger partial charge >= 0.3 is 0 Å². The lowest BCUT2D eigenvalue weighted by Crippen LogP contribution is -2.21. The molecular formula is C11H9Cl2N3O2S. The molecule has 0 radical (unpaired) electrons. The Bertz CT molecular complexity index is 577. The number of hydrogen-bond acceptors (Lipinski definition) is 4. The van der Waals surface area contributed by atoms with Crippen molar-refractivity contribution in [1.29, 1.82) is 0 Å². The van der Waals surface area contributed by atoms with Gasteiger partial charge in [0, 0.05) is 11.4 Å². The number of hydrogen-bond donors (Lipinski definition) is 2. The molecule has 1 heterocycles. The fourth-order valence-corrected chi connectivity index (χ4v) is 2.77. The number of amides is 2. The van der Waals surface area contributed by atoms with Crippen LogP contribution in [0.25, 0.3) is 0 Å². The molecular weight excluding hydrogens is 309 g/mol. The molecule has 0 aliphatic carbocycles. The first kappa shape index (κ1) is 14.2. The molecule has 1 aromatic carbocycles. The summed E-state index contributed by atoms with van der Waals surface area (Å²) in [6, 6.07) is 4.73. The van der Waals surface area contributed by atoms with E-state index in [-0.39, 0.29) is 23.4 Å². The summed E-state index contributed by atoms with van der Waals surface area (Å²) in [5, 5.41) is 3.05. The lowest BCUT2D eigenvalue weighted by Gasteiger charge is -2.09. The van der Waals surface area contributed by atoms with Crippen molar-refractivity contribution in [3.8, 4) is 0 Å². The Morgan fingerprint density at radius 3 is 2.79 bits per heavy atom. The number of carbonyl (C=O) groups is 2. The molecule has 1 aliphatic heterocycles. The Morgan fingerprint density at radius 1 is 1.47 bits per heavy atom. The van der Waals surface area contributed by atoms with Crippen molar-refractivity contribution < 1.29 is 9.59 Å². The van der Waals surface area contributed by atoms with Crippen molar-refractivity contribution in [3.63, 3.8) is 0 Å². The van der Waals surface area contributed by atoms with Crippen LogP contribution in [0.5, 0.6) is 0 Å². The molecule has 0 saturated carbocycles. The van der Waals surface area contributed by atoms with E-state index < -0.39 is 5.25 Å². The molecule has 3 N–H and O–H groups in total. The lowest BCUT2D eigenvalue weighted by molar-refractivity contribution is -0.121. The van der Waals surface area contributed by atoms with Crippen LogP contribution in [0.1, 0.15) is 6.42 Å². The second kappa shape index (κ2) is 5.81. The second-order valence-electron chi connectivity index (χ2n) is 3.77. The van der Waals surface area contributed by atoms with Gasteiger partial charge in [0.1, 0.15) is 5.25 Å². The summed E-state index contributed by atoms with van der Waals surface area (Å²) >= 11 is 12.8. The van der Waals surface area contributed by atoms with E-state index in [0.717, 1.165) is 11.8 Å². The van der Waals surface area contributed by atoms with E-state index in [1.807, 2.05) is 0 Å². The van der Waals surface area contributed by atoms with Crippen LogP contribution in [0.15, 0.2) is 23.2 Å². The van der Waals surface area contributed by atoms with Crippen LogP contribution >= 0.6 is 35.0 Å². The van der Waals surface area contributed by atoms with Gasteiger partial charge in [0.15, 0.2) is 5.17 Å². The van der Waals surface area contributed by atoms with Gasteiger partial charge in [-0.25, -0.2) is 0 Å². The zero-order valence-corrected chi connectivity index (χ0v) is 11.9. The van der Waals surface area contributed by atoms with Gasteiger partial charge in [0.25, 0.3) is 5.91 Å². The molecule has 0 saturated heterocycles. The van der Waals surface area contributed by atoms with E-state index in [0.29, 0.717) is 15.7 Å². The predicted molar refractivity (Wildman–Crippen MR) is 77.7 cm³/mol. The monoisotopic (exact) mass is 317 g/mol. The van der Waals surface area contributed by atoms with Crippen LogP contribution in [0, 0.1) is 0 Å². The minimum atomic E-state index is -0.564. The molecule has 0 unspecified atom stereocenters. The fraction of sp³-hybridized carbons (Fsp3) is 0.182. The average Bonchev–Trinajstić information content (AvgIpc) is 2.61. The van der Waals surface area contributed by atoms with E-state index in [9.17, 15) is 9.59 Å². The van der Waals surface area contributed by atoms with Crippen LogP contribution in [0.4, 0.5) is 5.69 Å². The molecule has 0 bridgehead atoms. The zero-order valence-electron chi connectivity index (χ0n) is 9.52. The van der Waals surface area contributed by atoms with E-state index in [4.69, 9.17) is 28.9 Å². The van der Waals surface area contributed by atoms with Crippen molar-refractivity contribution in [2.24, 2.45) is 10.7 Å². The molecule has 8 heteroatoms. The number of nitrogens with one attached hydrogen (secondary N) is 1. The molecule has 2 amide bonds. The fourth-order valence-electron chi connectivity index (χ4n) is 1.49. The highest BCUT2D eigenvalue weighted by Crippen LogP contribution is 2.27. The zero-order chi connectivity index (χ0) is 14.0. The Morgan fingerprint density at radius 2 is 2.21 bits per heavy atom. The molecule has 0 fully saturated rings. The maximum absolute atomic E-state index is 11.8. The Hall–Kier alpha value is -1.24. The van der Waals surface area contributed by atoms with Crippen LogP contribution in [0.2, 0.25) is 10.0 Å². The van der Waals surface area contributed by atoms with Crippen LogP contribution < -0.4 is 11.1 Å². The highest BCUT2D eigenvalue weighted by Gasteiger charge is 2.29. The van der Waals surface area contributed by atoms with Gasteiger partial charge in [-0.1, -0.05) is 35.0 Å². The van der Waals surface area contributed by atoms with Crippen LogP contribution in [-0.2, 0) is 9.59 Å². The third kappa shape index (κ3) is 3.62. The molecule has 1 atom stereocenters. The summed E-state index contributed by atoms with van der Waals surface area (Å²) in [5.41, 5.74) is 5.85. The van der Waals surface area contributed by atoms with Gasteiger partial charge in [-0.15, -0.1) is 0 Å². The summed E-state index contributed by atoms with van der Waals surface area (Å²) in [4.78, 5) is 26.7. The largest absolute Gasteiger partial charge is 0.378 e. The minimum Gasteiger partial charge on any atom is -0.378 e. The topological polar surface area (TPSA) is 84.5 Å². The summed E-state index contributed by atoms with van der Waals surface area (Å²) in [5.74, 6) is -0.722. The minimum absolute atomic E-state index is 0.00729. The number of nitrogens with two attached hydrogens (primary N) is 1. The van der Waals surface area contributed by atoms with Gasteiger partial charge < -0.3 is 11.1 Å². The first-order valence-electron chi connectivity index (χ1n) is 5.25. The molecule has 1 aromatic rings. The van der Waals surface area contributed by atoms with Crippen molar-refractivity contribution >= 4 is 57.6 Å². The number of amidine groups is 1. The van der Waals surface area contributed by atoms with E-state index in [1.54, 1.807) is 12.1 Å². The molecule has 0 aromatic heterocycles. The van der Waals surface area contributed by atoms with Gasteiger partial charge in [-0.2, -0.15) is 4.99 Å². The third-order valence-electron chi connectivity index (χ3n) is 2.33. The molecule has 19 heavy (non-hydrogen) atoms. The number of aliphatic imine (C=N–C) groups is 1. The summed E-state index contributed by atoms with van der Waals surface area (Å²) < 4.78 is 0. The van der Waals surface area contributed by atoms with Gasteiger partial charge in [-0.3, -0.25) is 9.59 Å². The molecule has 0 spiro atoms. The van der Waals surface area contributed by atoms with Crippen molar-refractivity contribution in [2.45, 2.75) is 11.7 Å². The first-order valence-corrected chi connectivity index (χ1v) is 6.89. The second-order valence-corrected chi connectivity index (χ2v) is 5.84. The highest BCUT2D eigenvalue weighted by molar-refractivity contribution is 8.15. The standard InChI is InChI=1S/C11H9Cl2N3O2S/c12-5-1-2-7(6(13)3-5)15-9(17)4-8-10(18)16-11(14)19-8/h1-3,8H,4H2,(H,15,17)(H2,14,16,18)/t8-/m1/s1. The predicted octanol–water partition coefficient (Wildman–Crippen LogP) is 2.28. The van der Waals surface area contributed by atoms with Crippen molar-refractivity contribution in [2.75, 3.05) is 5.32 Å². The summed E-state index contributed by atoms with van der Waals surface area (Å²) in [6.07, 6.45) is -0.00729.